The summed E-state index contributed by atoms with van der Waals surface area (Å²) in [7, 11) is 0. The van der Waals surface area contributed by atoms with E-state index in [1.54, 1.807) is 6.07 Å². The molecule has 0 aliphatic carbocycles. The zero-order valence-electron chi connectivity index (χ0n) is 18.7. The van der Waals surface area contributed by atoms with Gasteiger partial charge < -0.3 is 14.9 Å². The number of hydrogen-bond donors (Lipinski definition) is 2. The Kier molecular flexibility index (Phi) is 8.14. The lowest BCUT2D eigenvalue weighted by atomic mass is 9.89. The highest BCUT2D eigenvalue weighted by Gasteiger charge is 2.42. The molecular weight excluding hydrogens is 463 g/mol. The predicted molar refractivity (Wildman–Crippen MR) is 122 cm³/mol. The molecule has 1 aliphatic heterocycles. The van der Waals surface area contributed by atoms with Gasteiger partial charge in [-0.25, -0.2) is 9.59 Å². The molecule has 1 aliphatic rings. The Balaban J connectivity index is 0.000000509. The number of carboxylic acid groups (broad SMARTS) is 2. The summed E-state index contributed by atoms with van der Waals surface area (Å²) in [5.74, 6) is -3.39. The molecular formula is C26H24F3NO5. The summed E-state index contributed by atoms with van der Waals surface area (Å²) < 4.78 is 44.8. The number of ether oxygens (including phenoxy) is 1. The maximum absolute atomic E-state index is 13.0. The molecule has 2 N–H and O–H groups in total. The number of aliphatic carboxylic acids is 2. The largest absolute Gasteiger partial charge is 0.487 e. The van der Waals surface area contributed by atoms with Crippen molar-refractivity contribution >= 4 is 11.9 Å². The molecule has 3 aromatic carbocycles. The molecule has 1 saturated heterocycles. The number of halogens is 3. The van der Waals surface area contributed by atoms with Crippen LogP contribution in [0.2, 0.25) is 0 Å². The summed E-state index contributed by atoms with van der Waals surface area (Å²) in [5.41, 5.74) is 1.68. The molecule has 1 fully saturated rings. The lowest BCUT2D eigenvalue weighted by molar-refractivity contribution is -0.159. The van der Waals surface area contributed by atoms with E-state index in [0.717, 1.165) is 12.1 Å². The smallest absolute Gasteiger partial charge is 0.416 e. The summed E-state index contributed by atoms with van der Waals surface area (Å²) in [6.45, 7) is 2.70. The molecule has 0 aromatic heterocycles. The molecule has 6 nitrogen and oxygen atoms in total. The van der Waals surface area contributed by atoms with Gasteiger partial charge in [-0.05, 0) is 36.2 Å². The van der Waals surface area contributed by atoms with E-state index in [4.69, 9.17) is 24.5 Å². The van der Waals surface area contributed by atoms with Crippen molar-refractivity contribution in [3.05, 3.63) is 102 Å². The van der Waals surface area contributed by atoms with Crippen molar-refractivity contribution in [3.8, 4) is 5.75 Å². The van der Waals surface area contributed by atoms with Gasteiger partial charge in [0, 0.05) is 12.6 Å². The van der Waals surface area contributed by atoms with E-state index in [0.29, 0.717) is 6.54 Å². The standard InChI is InChI=1S/C24H22F3NO.C2H2O4/c1-17-22(29-21-14-8-13-20(15-21)24(25,26)27)16-28(17)23(18-9-4-2-5-10-18)19-11-6-3-7-12-19;3-1(4)2(5)6/h2-15,17,22-23H,16H2,1H3;(H,3,4)(H,5,6)/t17-,22+;/m0./s1. The van der Waals surface area contributed by atoms with E-state index in [1.807, 2.05) is 36.4 Å². The number of alkyl halides is 3. The Labute approximate surface area is 200 Å². The molecule has 0 bridgehead atoms. The average molecular weight is 487 g/mol. The molecule has 0 radical (unpaired) electrons. The third-order valence-electron chi connectivity index (χ3n) is 5.65. The van der Waals surface area contributed by atoms with Gasteiger partial charge in [-0.1, -0.05) is 66.7 Å². The van der Waals surface area contributed by atoms with Crippen LogP contribution in [-0.2, 0) is 15.8 Å². The van der Waals surface area contributed by atoms with Gasteiger partial charge in [-0.3, -0.25) is 4.90 Å². The van der Waals surface area contributed by atoms with Crippen LogP contribution in [0.1, 0.15) is 29.7 Å². The minimum absolute atomic E-state index is 0.0648. The quantitative estimate of drug-likeness (QED) is 0.487. The summed E-state index contributed by atoms with van der Waals surface area (Å²) in [6, 6.07) is 25.7. The first-order valence-electron chi connectivity index (χ1n) is 10.7. The van der Waals surface area contributed by atoms with E-state index < -0.39 is 23.7 Å². The third kappa shape index (κ3) is 6.60. The van der Waals surface area contributed by atoms with Gasteiger partial charge >= 0.3 is 18.1 Å². The van der Waals surface area contributed by atoms with E-state index in [2.05, 4.69) is 36.1 Å². The zero-order chi connectivity index (χ0) is 25.6. The number of carbonyl (C=O) groups is 2. The van der Waals surface area contributed by atoms with E-state index >= 15 is 0 Å². The van der Waals surface area contributed by atoms with Crippen LogP contribution in [0.3, 0.4) is 0 Å². The van der Waals surface area contributed by atoms with Crippen LogP contribution >= 0.6 is 0 Å². The van der Waals surface area contributed by atoms with Gasteiger partial charge in [0.15, 0.2) is 0 Å². The lowest BCUT2D eigenvalue weighted by Crippen LogP contribution is -2.62. The molecule has 35 heavy (non-hydrogen) atoms. The van der Waals surface area contributed by atoms with Crippen LogP contribution in [0.5, 0.6) is 5.75 Å². The highest BCUT2D eigenvalue weighted by atomic mass is 19.4. The van der Waals surface area contributed by atoms with Crippen LogP contribution in [0, 0.1) is 0 Å². The lowest BCUT2D eigenvalue weighted by Gasteiger charge is -2.50. The van der Waals surface area contributed by atoms with Crippen LogP contribution in [0.4, 0.5) is 13.2 Å². The Morgan fingerprint density at radius 3 is 1.83 bits per heavy atom. The number of likely N-dealkylation sites (tertiary alicyclic amines) is 1. The first-order valence-corrected chi connectivity index (χ1v) is 10.7. The maximum Gasteiger partial charge on any atom is 0.416 e. The maximum atomic E-state index is 13.0. The summed E-state index contributed by atoms with van der Waals surface area (Å²) in [6.07, 6.45) is -4.53. The molecule has 0 saturated carbocycles. The van der Waals surface area contributed by atoms with Gasteiger partial charge in [0.05, 0.1) is 11.6 Å². The molecule has 0 unspecified atom stereocenters. The minimum Gasteiger partial charge on any atom is -0.487 e. The van der Waals surface area contributed by atoms with Crippen LogP contribution in [0.15, 0.2) is 84.9 Å². The first kappa shape index (κ1) is 25.8. The van der Waals surface area contributed by atoms with Gasteiger partial charge in [0.1, 0.15) is 11.9 Å². The zero-order valence-corrected chi connectivity index (χ0v) is 18.7. The van der Waals surface area contributed by atoms with Crippen molar-refractivity contribution in [1.82, 2.24) is 4.90 Å². The molecule has 4 rings (SSSR count). The van der Waals surface area contributed by atoms with Crippen LogP contribution in [0.25, 0.3) is 0 Å². The second-order valence-electron chi connectivity index (χ2n) is 7.95. The Hall–Kier alpha value is -3.85. The number of rotatable bonds is 5. The van der Waals surface area contributed by atoms with Gasteiger partial charge in [0.2, 0.25) is 0 Å². The summed E-state index contributed by atoms with van der Waals surface area (Å²) >= 11 is 0. The topological polar surface area (TPSA) is 87.1 Å². The Bertz CT molecular complexity index is 1090. The number of carboxylic acids is 2. The molecule has 9 heteroatoms. The number of benzene rings is 3. The third-order valence-corrected chi connectivity index (χ3v) is 5.65. The molecule has 2 atom stereocenters. The van der Waals surface area contributed by atoms with Crippen molar-refractivity contribution < 1.29 is 37.7 Å². The predicted octanol–water partition coefficient (Wildman–Crippen LogP) is 5.10. The fourth-order valence-electron chi connectivity index (χ4n) is 3.85. The van der Waals surface area contributed by atoms with Gasteiger partial charge in [-0.15, -0.1) is 0 Å². The second-order valence-corrected chi connectivity index (χ2v) is 7.95. The summed E-state index contributed by atoms with van der Waals surface area (Å²) in [4.78, 5) is 20.5. The van der Waals surface area contributed by atoms with Crippen LogP contribution < -0.4 is 4.74 Å². The first-order chi connectivity index (χ1) is 16.6. The fraction of sp³-hybridized carbons (Fsp3) is 0.231. The monoisotopic (exact) mass is 487 g/mol. The minimum atomic E-state index is -4.37. The van der Waals surface area contributed by atoms with Gasteiger partial charge in [-0.2, -0.15) is 13.2 Å². The molecule has 184 valence electrons. The van der Waals surface area contributed by atoms with Crippen molar-refractivity contribution in [2.45, 2.75) is 31.3 Å². The highest BCUT2D eigenvalue weighted by Crippen LogP contribution is 2.38. The molecule has 1 heterocycles. The SMILES string of the molecule is C[C@H]1[C@H](Oc2cccc(C(F)(F)F)c2)CN1C(c1ccccc1)c1ccccc1.O=C(O)C(=O)O. The fourth-order valence-corrected chi connectivity index (χ4v) is 3.85. The number of hydrogen-bond acceptors (Lipinski definition) is 4. The highest BCUT2D eigenvalue weighted by molar-refractivity contribution is 6.27. The molecule has 0 amide bonds. The average Bonchev–Trinajstić information content (AvgIpc) is 2.84. The van der Waals surface area contributed by atoms with Crippen molar-refractivity contribution in [2.24, 2.45) is 0 Å². The molecule has 0 spiro atoms. The second kappa shape index (κ2) is 11.1. The summed E-state index contributed by atoms with van der Waals surface area (Å²) in [5, 5.41) is 14.8. The number of nitrogens with zero attached hydrogens (tertiary/aromatic N) is 1. The van der Waals surface area contributed by atoms with Gasteiger partial charge in [0.25, 0.3) is 0 Å². The Morgan fingerprint density at radius 1 is 0.886 bits per heavy atom. The van der Waals surface area contributed by atoms with E-state index in [1.165, 1.54) is 17.2 Å². The van der Waals surface area contributed by atoms with Crippen molar-refractivity contribution in [2.75, 3.05) is 6.54 Å². The van der Waals surface area contributed by atoms with Crippen molar-refractivity contribution in [3.63, 3.8) is 0 Å². The molecule has 3 aromatic rings. The Morgan fingerprint density at radius 2 is 1.40 bits per heavy atom. The van der Waals surface area contributed by atoms with E-state index in [-0.39, 0.29) is 23.9 Å². The normalized spacial score (nSPS) is 17.6. The van der Waals surface area contributed by atoms with Crippen LogP contribution in [-0.4, -0.2) is 45.7 Å². The van der Waals surface area contributed by atoms with Crippen molar-refractivity contribution in [1.29, 1.82) is 0 Å². The van der Waals surface area contributed by atoms with E-state index in [9.17, 15) is 13.2 Å².